The van der Waals surface area contributed by atoms with Gasteiger partial charge in [0.15, 0.2) is 6.54 Å². The van der Waals surface area contributed by atoms with Crippen LogP contribution in [0.3, 0.4) is 0 Å². The van der Waals surface area contributed by atoms with Crippen LogP contribution >= 0.6 is 0 Å². The summed E-state index contributed by atoms with van der Waals surface area (Å²) in [6.45, 7) is 3.91. The number of rotatable bonds is 7. The van der Waals surface area contributed by atoms with Gasteiger partial charge in [0.25, 0.3) is 5.91 Å². The van der Waals surface area contributed by atoms with E-state index in [-0.39, 0.29) is 5.91 Å². The molecule has 0 bridgehead atoms. The second kappa shape index (κ2) is 8.70. The van der Waals surface area contributed by atoms with Gasteiger partial charge in [-0.25, -0.2) is 0 Å². The van der Waals surface area contributed by atoms with Gasteiger partial charge < -0.3 is 15.0 Å². The van der Waals surface area contributed by atoms with Crippen molar-refractivity contribution in [1.82, 2.24) is 0 Å². The number of anilines is 1. The van der Waals surface area contributed by atoms with Crippen molar-refractivity contribution >= 4 is 11.6 Å². The number of para-hydroxylation sites is 2. The minimum atomic E-state index is -0.0622. The smallest absolute Gasteiger partial charge is 0.279 e. The van der Waals surface area contributed by atoms with Gasteiger partial charge in [0.1, 0.15) is 12.3 Å². The molecule has 0 aromatic heterocycles. The monoisotopic (exact) mass is 324 g/mol. The summed E-state index contributed by atoms with van der Waals surface area (Å²) in [5, 5.41) is 11.9. The molecule has 0 saturated carbocycles. The number of nitriles is 1. The minimum absolute atomic E-state index is 0.0622. The number of ether oxygens (including phenoxy) is 1. The number of nitrogens with zero attached hydrogens (tertiary/aromatic N) is 1. The molecule has 0 fully saturated rings. The molecule has 2 aromatic carbocycles. The van der Waals surface area contributed by atoms with Crippen molar-refractivity contribution in [2.45, 2.75) is 13.5 Å². The molecule has 1 unspecified atom stereocenters. The lowest BCUT2D eigenvalue weighted by molar-refractivity contribution is -0.903. The Hall–Kier alpha value is -2.84. The zero-order valence-corrected chi connectivity index (χ0v) is 14.0. The number of nitrogens with one attached hydrogen (secondary N) is 2. The second-order valence-corrected chi connectivity index (χ2v) is 5.52. The maximum absolute atomic E-state index is 12.3. The van der Waals surface area contributed by atoms with Crippen LogP contribution in [0.4, 0.5) is 5.69 Å². The van der Waals surface area contributed by atoms with Gasteiger partial charge in [-0.1, -0.05) is 24.3 Å². The van der Waals surface area contributed by atoms with Crippen LogP contribution in [0.1, 0.15) is 18.1 Å². The Labute approximate surface area is 142 Å². The Morgan fingerprint density at radius 1 is 1.25 bits per heavy atom. The maximum Gasteiger partial charge on any atom is 0.279 e. The predicted molar refractivity (Wildman–Crippen MR) is 92.9 cm³/mol. The molecule has 2 N–H and O–H groups in total. The summed E-state index contributed by atoms with van der Waals surface area (Å²) in [6, 6.07) is 17.0. The molecule has 5 heteroatoms. The van der Waals surface area contributed by atoms with Gasteiger partial charge in [0.05, 0.1) is 31.0 Å². The van der Waals surface area contributed by atoms with Gasteiger partial charge in [-0.05, 0) is 31.2 Å². The first-order chi connectivity index (χ1) is 11.7. The van der Waals surface area contributed by atoms with E-state index in [0.717, 1.165) is 17.0 Å². The van der Waals surface area contributed by atoms with Crippen molar-refractivity contribution in [3.8, 4) is 11.8 Å². The highest BCUT2D eigenvalue weighted by Crippen LogP contribution is 2.22. The average molecular weight is 324 g/mol. The van der Waals surface area contributed by atoms with E-state index in [4.69, 9.17) is 10.00 Å². The molecule has 0 heterocycles. The molecule has 0 spiro atoms. The van der Waals surface area contributed by atoms with Gasteiger partial charge in [-0.3, -0.25) is 4.79 Å². The highest BCUT2D eigenvalue weighted by atomic mass is 16.5. The van der Waals surface area contributed by atoms with E-state index >= 15 is 0 Å². The molecule has 1 amide bonds. The number of amides is 1. The van der Waals surface area contributed by atoms with E-state index < -0.39 is 0 Å². The van der Waals surface area contributed by atoms with Crippen LogP contribution in [0.15, 0.2) is 48.5 Å². The fourth-order valence-electron chi connectivity index (χ4n) is 2.52. The number of hydrogen-bond acceptors (Lipinski definition) is 3. The van der Waals surface area contributed by atoms with Crippen LogP contribution in [-0.2, 0) is 11.3 Å². The Morgan fingerprint density at radius 2 is 2.04 bits per heavy atom. The first-order valence-electron chi connectivity index (χ1n) is 7.91. The van der Waals surface area contributed by atoms with Gasteiger partial charge in [-0.2, -0.15) is 5.26 Å². The number of benzene rings is 2. The minimum Gasteiger partial charge on any atom is -0.495 e. The zero-order valence-electron chi connectivity index (χ0n) is 14.0. The van der Waals surface area contributed by atoms with E-state index in [1.807, 2.05) is 49.4 Å². The van der Waals surface area contributed by atoms with Crippen LogP contribution in [0.25, 0.3) is 0 Å². The molecule has 0 aliphatic heterocycles. The average Bonchev–Trinajstić information content (AvgIpc) is 2.61. The fourth-order valence-corrected chi connectivity index (χ4v) is 2.52. The summed E-state index contributed by atoms with van der Waals surface area (Å²) in [6.07, 6.45) is 0. The van der Waals surface area contributed by atoms with Crippen LogP contribution in [0.2, 0.25) is 0 Å². The molecule has 24 heavy (non-hydrogen) atoms. The standard InChI is InChI=1S/C19H21N3O2/c1-3-22(13-16-8-6-7-15(11-16)12-20)14-19(23)21-17-9-4-5-10-18(17)24-2/h4-11H,3,13-14H2,1-2H3,(H,21,23)/p+1. The van der Waals surface area contributed by atoms with Crippen LogP contribution in [-0.4, -0.2) is 26.1 Å². The topological polar surface area (TPSA) is 66.6 Å². The number of carbonyl (C=O) groups excluding carboxylic acids is 1. The third-order valence-corrected chi connectivity index (χ3v) is 3.80. The molecule has 2 rings (SSSR count). The summed E-state index contributed by atoms with van der Waals surface area (Å²) in [5.74, 6) is 0.582. The molecule has 5 nitrogen and oxygen atoms in total. The SMILES string of the molecule is CC[NH+](CC(=O)Nc1ccccc1OC)Cc1cccc(C#N)c1. The van der Waals surface area contributed by atoms with Crippen LogP contribution in [0.5, 0.6) is 5.75 Å². The molecule has 0 aliphatic rings. The second-order valence-electron chi connectivity index (χ2n) is 5.52. The fraction of sp³-hybridized carbons (Fsp3) is 0.263. The Kier molecular flexibility index (Phi) is 6.35. The van der Waals surface area contributed by atoms with E-state index in [2.05, 4.69) is 11.4 Å². The van der Waals surface area contributed by atoms with Crippen LogP contribution < -0.4 is 15.0 Å². The Morgan fingerprint density at radius 3 is 2.75 bits per heavy atom. The third-order valence-electron chi connectivity index (χ3n) is 3.80. The van der Waals surface area contributed by atoms with E-state index in [1.54, 1.807) is 13.2 Å². The molecule has 0 radical (unpaired) electrons. The number of likely N-dealkylation sites (N-methyl/N-ethyl adjacent to an activating group) is 1. The quantitative estimate of drug-likeness (QED) is 0.813. The van der Waals surface area contributed by atoms with Crippen molar-refractivity contribution in [1.29, 1.82) is 5.26 Å². The number of quaternary nitrogens is 1. The predicted octanol–water partition coefficient (Wildman–Crippen LogP) is 1.61. The molecule has 2 aromatic rings. The van der Waals surface area contributed by atoms with Gasteiger partial charge in [0.2, 0.25) is 0 Å². The lowest BCUT2D eigenvalue weighted by Gasteiger charge is -2.18. The summed E-state index contributed by atoms with van der Waals surface area (Å²) < 4.78 is 5.25. The van der Waals surface area contributed by atoms with Gasteiger partial charge >= 0.3 is 0 Å². The summed E-state index contributed by atoms with van der Waals surface area (Å²) in [4.78, 5) is 13.4. The van der Waals surface area contributed by atoms with E-state index in [1.165, 1.54) is 0 Å². The molecular formula is C19H22N3O2+. The lowest BCUT2D eigenvalue weighted by Crippen LogP contribution is -3.11. The summed E-state index contributed by atoms with van der Waals surface area (Å²) >= 11 is 0. The Balaban J connectivity index is 1.99. The molecule has 1 atom stereocenters. The lowest BCUT2D eigenvalue weighted by atomic mass is 10.1. The molecule has 0 aliphatic carbocycles. The zero-order chi connectivity index (χ0) is 17.4. The van der Waals surface area contributed by atoms with Crippen LogP contribution in [0, 0.1) is 11.3 Å². The summed E-state index contributed by atoms with van der Waals surface area (Å²) in [7, 11) is 1.58. The normalized spacial score (nSPS) is 11.4. The first-order valence-corrected chi connectivity index (χ1v) is 7.91. The number of carbonyl (C=O) groups is 1. The molecule has 124 valence electrons. The van der Waals surface area contributed by atoms with Crippen molar-refractivity contribution in [2.75, 3.05) is 25.5 Å². The molecular weight excluding hydrogens is 302 g/mol. The third kappa shape index (κ3) is 4.83. The highest BCUT2D eigenvalue weighted by molar-refractivity contribution is 5.92. The van der Waals surface area contributed by atoms with Crippen molar-refractivity contribution in [3.05, 3.63) is 59.7 Å². The van der Waals surface area contributed by atoms with Gasteiger partial charge in [-0.15, -0.1) is 0 Å². The van der Waals surface area contributed by atoms with Crippen molar-refractivity contribution in [2.24, 2.45) is 0 Å². The first kappa shape index (κ1) is 17.5. The number of methoxy groups -OCH3 is 1. The Bertz CT molecular complexity index is 737. The van der Waals surface area contributed by atoms with E-state index in [0.29, 0.717) is 30.1 Å². The highest BCUT2D eigenvalue weighted by Gasteiger charge is 2.15. The molecule has 0 saturated heterocycles. The van der Waals surface area contributed by atoms with Crippen molar-refractivity contribution < 1.29 is 14.4 Å². The van der Waals surface area contributed by atoms with E-state index in [9.17, 15) is 4.79 Å². The van der Waals surface area contributed by atoms with Gasteiger partial charge in [0, 0.05) is 5.56 Å². The van der Waals surface area contributed by atoms with Crippen molar-refractivity contribution in [3.63, 3.8) is 0 Å². The summed E-state index contributed by atoms with van der Waals surface area (Å²) in [5.41, 5.74) is 2.37. The largest absolute Gasteiger partial charge is 0.495 e. The number of hydrogen-bond donors (Lipinski definition) is 2. The maximum atomic E-state index is 12.3.